The molecule has 0 radical (unpaired) electrons. The minimum absolute atomic E-state index is 0.227. The van der Waals surface area contributed by atoms with Gasteiger partial charge in [0.2, 0.25) is 5.13 Å². The molecule has 0 unspecified atom stereocenters. The van der Waals surface area contributed by atoms with Crippen LogP contribution in [0.5, 0.6) is 0 Å². The number of nitrogens with zero attached hydrogens (tertiary/aromatic N) is 3. The molecule has 2 aromatic rings. The van der Waals surface area contributed by atoms with Gasteiger partial charge in [0.1, 0.15) is 0 Å². The Morgan fingerprint density at radius 3 is 2.52 bits per heavy atom. The van der Waals surface area contributed by atoms with Crippen molar-refractivity contribution in [2.75, 3.05) is 38.1 Å². The minimum Gasteiger partial charge on any atom is -0.478 e. The average molecular weight is 335 g/mol. The maximum atomic E-state index is 14.2. The van der Waals surface area contributed by atoms with Crippen molar-refractivity contribution >= 4 is 22.4 Å². The van der Waals surface area contributed by atoms with Crippen LogP contribution in [0.1, 0.15) is 21.6 Å². The Morgan fingerprint density at radius 1 is 1.26 bits per heavy atom. The van der Waals surface area contributed by atoms with Crippen LogP contribution < -0.4 is 4.90 Å². The van der Waals surface area contributed by atoms with Crippen LogP contribution >= 0.6 is 11.3 Å². The average Bonchev–Trinajstić information content (AvgIpc) is 2.89. The number of rotatable bonds is 4. The van der Waals surface area contributed by atoms with Crippen molar-refractivity contribution in [2.45, 2.75) is 6.42 Å². The number of aromatic carboxylic acids is 1. The van der Waals surface area contributed by atoms with Gasteiger partial charge < -0.3 is 14.9 Å². The number of anilines is 1. The summed E-state index contributed by atoms with van der Waals surface area (Å²) in [6, 6.07) is 6.47. The van der Waals surface area contributed by atoms with Crippen LogP contribution in [0.4, 0.5) is 9.52 Å². The summed E-state index contributed by atoms with van der Waals surface area (Å²) in [5, 5.41) is 9.36. The molecule has 5 nitrogen and oxygen atoms in total. The number of piperazine rings is 1. The highest BCUT2D eigenvalue weighted by atomic mass is 32.1. The normalized spacial score (nSPS) is 15.8. The van der Waals surface area contributed by atoms with Crippen molar-refractivity contribution in [3.05, 3.63) is 46.2 Å². The van der Waals surface area contributed by atoms with Crippen molar-refractivity contribution in [1.82, 2.24) is 9.88 Å². The smallest absolute Gasteiger partial charge is 0.335 e. The van der Waals surface area contributed by atoms with Crippen molar-refractivity contribution in [3.8, 4) is 0 Å². The van der Waals surface area contributed by atoms with Crippen LogP contribution in [-0.4, -0.2) is 54.2 Å². The Bertz CT molecular complexity index is 694. The van der Waals surface area contributed by atoms with E-state index in [1.165, 1.54) is 12.1 Å². The summed E-state index contributed by atoms with van der Waals surface area (Å²) in [5.74, 6) is -0.964. The molecule has 7 heteroatoms. The molecular formula is C16H18FN3O2S. The summed E-state index contributed by atoms with van der Waals surface area (Å²) >= 11 is 1.08. The number of likely N-dealkylation sites (N-methyl/N-ethyl adjacent to an activating group) is 1. The molecule has 1 aromatic heterocycles. The first-order valence-electron chi connectivity index (χ1n) is 7.44. The predicted molar refractivity (Wildman–Crippen MR) is 88.0 cm³/mol. The third-order valence-electron chi connectivity index (χ3n) is 3.98. The molecule has 0 bridgehead atoms. The van der Waals surface area contributed by atoms with Crippen molar-refractivity contribution in [3.63, 3.8) is 0 Å². The second-order valence-electron chi connectivity index (χ2n) is 5.69. The summed E-state index contributed by atoms with van der Waals surface area (Å²) in [6.07, 6.45) is 0.371. The first-order valence-corrected chi connectivity index (χ1v) is 8.25. The van der Waals surface area contributed by atoms with Gasteiger partial charge in [-0.05, 0) is 24.7 Å². The maximum Gasteiger partial charge on any atom is 0.335 e. The molecule has 1 fully saturated rings. The fourth-order valence-electron chi connectivity index (χ4n) is 2.52. The van der Waals surface area contributed by atoms with E-state index in [0.717, 1.165) is 48.2 Å². The number of thiazole rings is 1. The number of aromatic nitrogens is 1. The lowest BCUT2D eigenvalue weighted by Crippen LogP contribution is -2.44. The zero-order valence-electron chi connectivity index (χ0n) is 12.8. The quantitative estimate of drug-likeness (QED) is 0.929. The predicted octanol–water partition coefficient (Wildman–Crippen LogP) is 2.32. The molecule has 23 heavy (non-hydrogen) atoms. The third-order valence-corrected chi connectivity index (χ3v) is 4.93. The van der Waals surface area contributed by atoms with E-state index in [0.29, 0.717) is 12.1 Å². The topological polar surface area (TPSA) is 56.7 Å². The molecule has 0 saturated carbocycles. The summed E-state index contributed by atoms with van der Waals surface area (Å²) in [5.41, 5.74) is 1.50. The van der Waals surface area contributed by atoms with E-state index >= 15 is 0 Å². The standard InChI is InChI=1S/C16H18FN3O2S/c1-19-6-8-20(9-7-19)16-18-13(14(17)23-16)10-11-2-4-12(5-3-11)15(21)22/h2-5H,6-10H2,1H3,(H,21,22). The van der Waals surface area contributed by atoms with Gasteiger partial charge in [0.15, 0.2) is 5.13 Å². The minimum atomic E-state index is -0.964. The van der Waals surface area contributed by atoms with Gasteiger partial charge in [0.25, 0.3) is 0 Å². The maximum absolute atomic E-state index is 14.2. The Kier molecular flexibility index (Phi) is 4.58. The van der Waals surface area contributed by atoms with Crippen LogP contribution in [0.3, 0.4) is 0 Å². The number of hydrogen-bond acceptors (Lipinski definition) is 5. The fourth-order valence-corrected chi connectivity index (χ4v) is 3.39. The SMILES string of the molecule is CN1CCN(c2nc(Cc3ccc(C(=O)O)cc3)c(F)s2)CC1. The molecule has 1 aromatic carbocycles. The highest BCUT2D eigenvalue weighted by Crippen LogP contribution is 2.27. The molecular weight excluding hydrogens is 317 g/mol. The molecule has 1 saturated heterocycles. The second kappa shape index (κ2) is 6.64. The van der Waals surface area contributed by atoms with E-state index in [4.69, 9.17) is 5.11 Å². The number of carboxylic acid groups (broad SMARTS) is 1. The van der Waals surface area contributed by atoms with Crippen LogP contribution in [-0.2, 0) is 6.42 Å². The van der Waals surface area contributed by atoms with Crippen molar-refractivity contribution in [2.24, 2.45) is 0 Å². The van der Waals surface area contributed by atoms with Gasteiger partial charge in [-0.3, -0.25) is 0 Å². The molecule has 0 atom stereocenters. The summed E-state index contributed by atoms with van der Waals surface area (Å²) < 4.78 is 14.2. The summed E-state index contributed by atoms with van der Waals surface area (Å²) in [6.45, 7) is 3.62. The van der Waals surface area contributed by atoms with Crippen LogP contribution in [0.15, 0.2) is 24.3 Å². The van der Waals surface area contributed by atoms with Crippen LogP contribution in [0.25, 0.3) is 0 Å². The van der Waals surface area contributed by atoms with Gasteiger partial charge in [-0.2, -0.15) is 4.39 Å². The van der Waals surface area contributed by atoms with E-state index in [-0.39, 0.29) is 10.7 Å². The molecule has 2 heterocycles. The van der Waals surface area contributed by atoms with Gasteiger partial charge in [-0.15, -0.1) is 0 Å². The summed E-state index contributed by atoms with van der Waals surface area (Å²) in [7, 11) is 2.08. The van der Waals surface area contributed by atoms with Gasteiger partial charge in [0.05, 0.1) is 11.3 Å². The number of halogens is 1. The van der Waals surface area contributed by atoms with E-state index in [1.807, 2.05) is 0 Å². The van der Waals surface area contributed by atoms with E-state index < -0.39 is 5.97 Å². The van der Waals surface area contributed by atoms with Gasteiger partial charge in [-0.1, -0.05) is 23.5 Å². The molecule has 3 rings (SSSR count). The number of hydrogen-bond donors (Lipinski definition) is 1. The Hall–Kier alpha value is -1.99. The van der Waals surface area contributed by atoms with E-state index in [1.54, 1.807) is 12.1 Å². The number of benzene rings is 1. The van der Waals surface area contributed by atoms with Crippen LogP contribution in [0, 0.1) is 5.13 Å². The fraction of sp³-hybridized carbons (Fsp3) is 0.375. The first-order chi connectivity index (χ1) is 11.0. The third kappa shape index (κ3) is 3.68. The highest BCUT2D eigenvalue weighted by molar-refractivity contribution is 7.14. The van der Waals surface area contributed by atoms with Crippen molar-refractivity contribution in [1.29, 1.82) is 0 Å². The monoisotopic (exact) mass is 335 g/mol. The first kappa shape index (κ1) is 15.9. The number of carbonyl (C=O) groups is 1. The van der Waals surface area contributed by atoms with Crippen LogP contribution in [0.2, 0.25) is 0 Å². The zero-order chi connectivity index (χ0) is 16.4. The zero-order valence-corrected chi connectivity index (χ0v) is 13.6. The lowest BCUT2D eigenvalue weighted by Gasteiger charge is -2.31. The van der Waals surface area contributed by atoms with E-state index in [2.05, 4.69) is 21.8 Å². The van der Waals surface area contributed by atoms with Gasteiger partial charge >= 0.3 is 5.97 Å². The van der Waals surface area contributed by atoms with Gasteiger partial charge in [-0.25, -0.2) is 9.78 Å². The lowest BCUT2D eigenvalue weighted by atomic mass is 10.1. The molecule has 1 N–H and O–H groups in total. The molecule has 0 aliphatic carbocycles. The Balaban J connectivity index is 1.72. The lowest BCUT2D eigenvalue weighted by molar-refractivity contribution is 0.0697. The molecule has 122 valence electrons. The number of carboxylic acids is 1. The highest BCUT2D eigenvalue weighted by Gasteiger charge is 2.20. The Labute approximate surface area is 138 Å². The molecule has 0 amide bonds. The second-order valence-corrected chi connectivity index (χ2v) is 6.61. The summed E-state index contributed by atoms with van der Waals surface area (Å²) in [4.78, 5) is 19.6. The Morgan fingerprint density at radius 2 is 1.91 bits per heavy atom. The molecule has 1 aliphatic rings. The van der Waals surface area contributed by atoms with E-state index in [9.17, 15) is 9.18 Å². The van der Waals surface area contributed by atoms with Gasteiger partial charge in [0, 0.05) is 32.6 Å². The van der Waals surface area contributed by atoms with Crippen molar-refractivity contribution < 1.29 is 14.3 Å². The molecule has 0 spiro atoms. The largest absolute Gasteiger partial charge is 0.478 e. The molecule has 1 aliphatic heterocycles.